The van der Waals surface area contributed by atoms with Crippen LogP contribution in [0.25, 0.3) is 0 Å². The number of likely N-dealkylation sites (tertiary alicyclic amines) is 1. The lowest BCUT2D eigenvalue weighted by Gasteiger charge is -2.20. The lowest BCUT2D eigenvalue weighted by Crippen LogP contribution is -2.45. The number of guanidine groups is 1. The van der Waals surface area contributed by atoms with Gasteiger partial charge in [0.25, 0.3) is 0 Å². The fourth-order valence-corrected chi connectivity index (χ4v) is 3.09. The molecule has 1 aliphatic heterocycles. The second kappa shape index (κ2) is 12.5. The van der Waals surface area contributed by atoms with Crippen LogP contribution in [0.4, 0.5) is 13.2 Å². The van der Waals surface area contributed by atoms with Gasteiger partial charge in [0.1, 0.15) is 0 Å². The summed E-state index contributed by atoms with van der Waals surface area (Å²) in [5.41, 5.74) is 2.17. The number of alkyl halides is 3. The number of halogens is 4. The summed E-state index contributed by atoms with van der Waals surface area (Å²) in [7, 11) is 0. The van der Waals surface area contributed by atoms with Gasteiger partial charge in [-0.2, -0.15) is 13.2 Å². The summed E-state index contributed by atoms with van der Waals surface area (Å²) in [5, 5.41) is 6.44. The van der Waals surface area contributed by atoms with E-state index in [2.05, 4.69) is 15.6 Å². The largest absolute Gasteiger partial charge is 0.401 e. The molecule has 1 saturated heterocycles. The molecule has 1 atom stereocenters. The van der Waals surface area contributed by atoms with Gasteiger partial charge in [-0.25, -0.2) is 4.99 Å². The van der Waals surface area contributed by atoms with Crippen molar-refractivity contribution in [2.45, 2.75) is 45.6 Å². The highest BCUT2D eigenvalue weighted by atomic mass is 127. The molecule has 28 heavy (non-hydrogen) atoms. The van der Waals surface area contributed by atoms with Gasteiger partial charge in [-0.15, -0.1) is 24.0 Å². The molecule has 2 rings (SSSR count). The maximum Gasteiger partial charge on any atom is 0.401 e. The first kappa shape index (κ1) is 25.0. The molecule has 1 heterocycles. The molecule has 2 N–H and O–H groups in total. The first-order chi connectivity index (χ1) is 12.9. The minimum absolute atomic E-state index is 0. The van der Waals surface area contributed by atoms with Crippen LogP contribution in [-0.2, 0) is 17.9 Å². The molecular formula is C19H30F3IN4O. The average Bonchev–Trinajstić information content (AvgIpc) is 3.03. The van der Waals surface area contributed by atoms with Crippen molar-refractivity contribution in [3.05, 3.63) is 35.4 Å². The molecule has 1 aromatic carbocycles. The maximum atomic E-state index is 12.5. The van der Waals surface area contributed by atoms with Crippen LogP contribution in [0.5, 0.6) is 0 Å². The van der Waals surface area contributed by atoms with Crippen molar-refractivity contribution in [1.29, 1.82) is 0 Å². The van der Waals surface area contributed by atoms with Crippen LogP contribution in [0.3, 0.4) is 0 Å². The predicted molar refractivity (Wildman–Crippen MR) is 116 cm³/mol. The Bertz CT molecular complexity index is 613. The predicted octanol–water partition coefficient (Wildman–Crippen LogP) is 3.53. The van der Waals surface area contributed by atoms with E-state index in [9.17, 15) is 13.2 Å². The van der Waals surface area contributed by atoms with Crippen LogP contribution < -0.4 is 10.6 Å². The van der Waals surface area contributed by atoms with Gasteiger partial charge in [0.15, 0.2) is 5.96 Å². The molecule has 0 aromatic heterocycles. The van der Waals surface area contributed by atoms with Crippen LogP contribution in [0, 0.1) is 0 Å². The molecule has 1 aliphatic rings. The Morgan fingerprint density at radius 1 is 1.25 bits per heavy atom. The first-order valence-corrected chi connectivity index (χ1v) is 9.39. The SMILES string of the molecule is CCNC(=NCc1ccccc1COCC)NC1CCN(CC(F)(F)F)C1.I. The molecule has 0 amide bonds. The van der Waals surface area contributed by atoms with Gasteiger partial charge >= 0.3 is 6.18 Å². The summed E-state index contributed by atoms with van der Waals surface area (Å²) >= 11 is 0. The number of ether oxygens (including phenoxy) is 1. The van der Waals surface area contributed by atoms with Gasteiger partial charge in [-0.1, -0.05) is 24.3 Å². The number of aliphatic imine (C=N–C) groups is 1. The van der Waals surface area contributed by atoms with Crippen molar-refractivity contribution < 1.29 is 17.9 Å². The van der Waals surface area contributed by atoms with Crippen LogP contribution in [0.15, 0.2) is 29.3 Å². The molecule has 1 aromatic rings. The third-order valence-corrected chi connectivity index (χ3v) is 4.35. The molecule has 1 unspecified atom stereocenters. The van der Waals surface area contributed by atoms with E-state index >= 15 is 0 Å². The summed E-state index contributed by atoms with van der Waals surface area (Å²) in [4.78, 5) is 6.04. The topological polar surface area (TPSA) is 48.9 Å². The van der Waals surface area contributed by atoms with E-state index in [4.69, 9.17) is 4.74 Å². The molecule has 0 aliphatic carbocycles. The van der Waals surface area contributed by atoms with E-state index in [-0.39, 0.29) is 30.0 Å². The lowest BCUT2D eigenvalue weighted by atomic mass is 10.1. The Morgan fingerprint density at radius 3 is 2.61 bits per heavy atom. The summed E-state index contributed by atoms with van der Waals surface area (Å²) < 4.78 is 43.1. The molecule has 0 spiro atoms. The zero-order valence-corrected chi connectivity index (χ0v) is 18.7. The van der Waals surface area contributed by atoms with E-state index in [1.54, 1.807) is 0 Å². The highest BCUT2D eigenvalue weighted by Crippen LogP contribution is 2.20. The highest BCUT2D eigenvalue weighted by molar-refractivity contribution is 14.0. The number of nitrogens with zero attached hydrogens (tertiary/aromatic N) is 2. The second-order valence-corrected chi connectivity index (χ2v) is 6.58. The summed E-state index contributed by atoms with van der Waals surface area (Å²) in [5.74, 6) is 0.627. The quantitative estimate of drug-likeness (QED) is 0.317. The monoisotopic (exact) mass is 514 g/mol. The van der Waals surface area contributed by atoms with Crippen LogP contribution in [0.1, 0.15) is 31.4 Å². The maximum absolute atomic E-state index is 12.5. The van der Waals surface area contributed by atoms with E-state index in [0.717, 1.165) is 11.1 Å². The number of hydrogen-bond donors (Lipinski definition) is 2. The zero-order valence-electron chi connectivity index (χ0n) is 16.4. The Balaban J connectivity index is 0.00000392. The first-order valence-electron chi connectivity index (χ1n) is 9.39. The normalized spacial score (nSPS) is 18.0. The number of nitrogens with one attached hydrogen (secondary N) is 2. The Hall–Kier alpha value is -1.07. The zero-order chi connectivity index (χ0) is 19.7. The van der Waals surface area contributed by atoms with E-state index < -0.39 is 12.7 Å². The van der Waals surface area contributed by atoms with Crippen LogP contribution >= 0.6 is 24.0 Å². The van der Waals surface area contributed by atoms with Crippen LogP contribution in [-0.4, -0.2) is 55.9 Å². The van der Waals surface area contributed by atoms with E-state index in [1.165, 1.54) is 4.90 Å². The number of benzene rings is 1. The fraction of sp³-hybridized carbons (Fsp3) is 0.632. The molecule has 0 radical (unpaired) electrons. The van der Waals surface area contributed by atoms with E-state index in [0.29, 0.717) is 51.8 Å². The Labute approximate surface area is 182 Å². The van der Waals surface area contributed by atoms with Crippen molar-refractivity contribution in [1.82, 2.24) is 15.5 Å². The third kappa shape index (κ3) is 8.95. The van der Waals surface area contributed by atoms with Gasteiger partial charge in [0.2, 0.25) is 0 Å². The number of rotatable bonds is 8. The molecule has 160 valence electrons. The Morgan fingerprint density at radius 2 is 1.96 bits per heavy atom. The van der Waals surface area contributed by atoms with Crippen molar-refractivity contribution in [3.63, 3.8) is 0 Å². The van der Waals surface area contributed by atoms with Crippen molar-refractivity contribution >= 4 is 29.9 Å². The molecule has 9 heteroatoms. The Kier molecular flexibility index (Phi) is 11.1. The van der Waals surface area contributed by atoms with Gasteiger partial charge in [0.05, 0.1) is 19.7 Å². The molecule has 5 nitrogen and oxygen atoms in total. The summed E-state index contributed by atoms with van der Waals surface area (Å²) in [6.07, 6.45) is -3.49. The van der Waals surface area contributed by atoms with E-state index in [1.807, 2.05) is 38.1 Å². The lowest BCUT2D eigenvalue weighted by molar-refractivity contribution is -0.143. The third-order valence-electron chi connectivity index (χ3n) is 4.35. The average molecular weight is 514 g/mol. The standard InChI is InChI=1S/C19H29F3N4O.HI/c1-3-23-18(25-17-9-10-26(12-17)14-19(20,21)22)24-11-15-7-5-6-8-16(15)13-27-4-2;/h5-8,17H,3-4,9-14H2,1-2H3,(H2,23,24,25);1H. The summed E-state index contributed by atoms with van der Waals surface area (Å²) in [6.45, 7) is 6.23. The van der Waals surface area contributed by atoms with Gasteiger partial charge in [-0.3, -0.25) is 4.90 Å². The van der Waals surface area contributed by atoms with Gasteiger partial charge < -0.3 is 15.4 Å². The molecule has 1 fully saturated rings. The molecule has 0 bridgehead atoms. The minimum atomic E-state index is -4.16. The smallest absolute Gasteiger partial charge is 0.377 e. The second-order valence-electron chi connectivity index (χ2n) is 6.58. The van der Waals surface area contributed by atoms with Gasteiger partial charge in [0, 0.05) is 32.3 Å². The van der Waals surface area contributed by atoms with Crippen molar-refractivity contribution in [2.24, 2.45) is 4.99 Å². The molecule has 0 saturated carbocycles. The van der Waals surface area contributed by atoms with Crippen LogP contribution in [0.2, 0.25) is 0 Å². The molecular weight excluding hydrogens is 484 g/mol. The fourth-order valence-electron chi connectivity index (χ4n) is 3.09. The van der Waals surface area contributed by atoms with Crippen molar-refractivity contribution in [3.8, 4) is 0 Å². The summed E-state index contributed by atoms with van der Waals surface area (Å²) in [6, 6.07) is 7.93. The van der Waals surface area contributed by atoms with Gasteiger partial charge in [-0.05, 0) is 31.4 Å². The highest BCUT2D eigenvalue weighted by Gasteiger charge is 2.34. The van der Waals surface area contributed by atoms with Crippen molar-refractivity contribution in [2.75, 3.05) is 32.8 Å². The number of hydrogen-bond acceptors (Lipinski definition) is 3. The minimum Gasteiger partial charge on any atom is -0.377 e.